The lowest BCUT2D eigenvalue weighted by atomic mass is 10.2. The van der Waals surface area contributed by atoms with Crippen LogP contribution in [-0.4, -0.2) is 22.5 Å². The molecule has 84 valence electrons. The van der Waals surface area contributed by atoms with Crippen molar-refractivity contribution in [2.75, 3.05) is 6.54 Å². The summed E-state index contributed by atoms with van der Waals surface area (Å²) in [6.45, 7) is 6.20. The molecular formula is C11H18N2S2. The summed E-state index contributed by atoms with van der Waals surface area (Å²) in [5.41, 5.74) is 5.75. The highest BCUT2D eigenvalue weighted by Gasteiger charge is 2.18. The predicted octanol–water partition coefficient (Wildman–Crippen LogP) is 2.63. The van der Waals surface area contributed by atoms with Crippen LogP contribution in [0.25, 0.3) is 0 Å². The van der Waals surface area contributed by atoms with E-state index in [2.05, 4.69) is 36.3 Å². The highest BCUT2D eigenvalue weighted by atomic mass is 32.1. The Morgan fingerprint density at radius 1 is 1.60 bits per heavy atom. The molecule has 1 aromatic heterocycles. The monoisotopic (exact) mass is 242 g/mol. The SMILES string of the molecule is CCC(C(N)=S)N(CC)Cc1cccs1. The number of thiocarbonyl (C=S) groups is 1. The Balaban J connectivity index is 2.65. The Morgan fingerprint density at radius 2 is 2.33 bits per heavy atom. The standard InChI is InChI=1S/C11H18N2S2/c1-3-10(11(12)14)13(4-2)8-9-6-5-7-15-9/h5-7,10H,3-4,8H2,1-2H3,(H2,12,14). The smallest absolute Gasteiger partial charge is 0.0902 e. The lowest BCUT2D eigenvalue weighted by molar-refractivity contribution is 0.243. The molecule has 1 heterocycles. The number of likely N-dealkylation sites (N-methyl/N-ethyl adjacent to an activating group) is 1. The van der Waals surface area contributed by atoms with Gasteiger partial charge in [0, 0.05) is 11.4 Å². The number of nitrogens with zero attached hydrogens (tertiary/aromatic N) is 1. The summed E-state index contributed by atoms with van der Waals surface area (Å²) in [5.74, 6) is 0. The van der Waals surface area contributed by atoms with Crippen molar-refractivity contribution in [3.05, 3.63) is 22.4 Å². The van der Waals surface area contributed by atoms with Crippen LogP contribution in [0.2, 0.25) is 0 Å². The van der Waals surface area contributed by atoms with Gasteiger partial charge in [-0.3, -0.25) is 4.90 Å². The molecule has 2 nitrogen and oxygen atoms in total. The van der Waals surface area contributed by atoms with Gasteiger partial charge >= 0.3 is 0 Å². The molecule has 0 bridgehead atoms. The zero-order valence-electron chi connectivity index (χ0n) is 9.27. The second kappa shape index (κ2) is 6.20. The fourth-order valence-corrected chi connectivity index (χ4v) is 2.73. The Bertz CT molecular complexity index is 296. The summed E-state index contributed by atoms with van der Waals surface area (Å²) < 4.78 is 0. The average Bonchev–Trinajstić information content (AvgIpc) is 2.69. The Morgan fingerprint density at radius 3 is 2.73 bits per heavy atom. The molecule has 0 fully saturated rings. The first-order valence-electron chi connectivity index (χ1n) is 5.24. The summed E-state index contributed by atoms with van der Waals surface area (Å²) in [5, 5.41) is 2.10. The number of thiophene rings is 1. The van der Waals surface area contributed by atoms with Gasteiger partial charge in [-0.05, 0) is 24.4 Å². The van der Waals surface area contributed by atoms with Crippen molar-refractivity contribution in [3.63, 3.8) is 0 Å². The van der Waals surface area contributed by atoms with Crippen LogP contribution in [0.5, 0.6) is 0 Å². The third-order valence-corrected chi connectivity index (χ3v) is 3.63. The van der Waals surface area contributed by atoms with Crippen LogP contribution in [0.3, 0.4) is 0 Å². The highest BCUT2D eigenvalue weighted by Crippen LogP contribution is 2.15. The molecule has 1 unspecified atom stereocenters. The van der Waals surface area contributed by atoms with E-state index in [-0.39, 0.29) is 6.04 Å². The molecule has 0 saturated carbocycles. The van der Waals surface area contributed by atoms with Gasteiger partial charge in [0.2, 0.25) is 0 Å². The van der Waals surface area contributed by atoms with Crippen molar-refractivity contribution >= 4 is 28.5 Å². The van der Waals surface area contributed by atoms with Gasteiger partial charge in [0.15, 0.2) is 0 Å². The molecule has 0 aliphatic rings. The van der Waals surface area contributed by atoms with Crippen LogP contribution in [0.15, 0.2) is 17.5 Å². The quantitative estimate of drug-likeness (QED) is 0.778. The molecule has 0 aliphatic heterocycles. The lowest BCUT2D eigenvalue weighted by Gasteiger charge is -2.28. The lowest BCUT2D eigenvalue weighted by Crippen LogP contribution is -2.42. The maximum atomic E-state index is 5.75. The summed E-state index contributed by atoms with van der Waals surface area (Å²) >= 11 is 6.87. The zero-order chi connectivity index (χ0) is 11.3. The van der Waals surface area contributed by atoms with Crippen molar-refractivity contribution in [1.82, 2.24) is 4.90 Å². The first-order chi connectivity index (χ1) is 7.19. The molecule has 1 aromatic rings. The van der Waals surface area contributed by atoms with E-state index >= 15 is 0 Å². The van der Waals surface area contributed by atoms with Crippen LogP contribution in [-0.2, 0) is 6.54 Å². The molecule has 1 rings (SSSR count). The summed E-state index contributed by atoms with van der Waals surface area (Å²) in [4.78, 5) is 4.30. The molecular weight excluding hydrogens is 224 g/mol. The number of rotatable bonds is 6. The van der Waals surface area contributed by atoms with Gasteiger partial charge in [-0.25, -0.2) is 0 Å². The molecule has 4 heteroatoms. The molecule has 0 aromatic carbocycles. The molecule has 0 aliphatic carbocycles. The van der Waals surface area contributed by atoms with Crippen LogP contribution >= 0.6 is 23.6 Å². The first-order valence-corrected chi connectivity index (χ1v) is 6.53. The van der Waals surface area contributed by atoms with E-state index in [9.17, 15) is 0 Å². The van der Waals surface area contributed by atoms with Crippen molar-refractivity contribution < 1.29 is 0 Å². The van der Waals surface area contributed by atoms with Gasteiger partial charge in [-0.15, -0.1) is 11.3 Å². The Hall–Kier alpha value is -0.450. The number of hydrogen-bond donors (Lipinski definition) is 1. The minimum atomic E-state index is 0.229. The van der Waals surface area contributed by atoms with Gasteiger partial charge in [0.05, 0.1) is 11.0 Å². The van der Waals surface area contributed by atoms with Crippen LogP contribution in [0.4, 0.5) is 0 Å². The Kier molecular flexibility index (Phi) is 5.22. The van der Waals surface area contributed by atoms with E-state index in [4.69, 9.17) is 18.0 Å². The molecule has 1 atom stereocenters. The maximum Gasteiger partial charge on any atom is 0.0902 e. The maximum absolute atomic E-state index is 5.75. The number of hydrogen-bond acceptors (Lipinski definition) is 3. The predicted molar refractivity (Wildman–Crippen MR) is 71.3 cm³/mol. The van der Waals surface area contributed by atoms with Crippen molar-refractivity contribution in [3.8, 4) is 0 Å². The largest absolute Gasteiger partial charge is 0.392 e. The Labute approximate surface area is 101 Å². The number of nitrogens with two attached hydrogens (primary N) is 1. The van der Waals surface area contributed by atoms with E-state index in [1.54, 1.807) is 11.3 Å². The minimum Gasteiger partial charge on any atom is -0.392 e. The molecule has 0 spiro atoms. The van der Waals surface area contributed by atoms with E-state index < -0.39 is 0 Å². The van der Waals surface area contributed by atoms with E-state index in [0.29, 0.717) is 4.99 Å². The van der Waals surface area contributed by atoms with E-state index in [1.807, 2.05) is 0 Å². The van der Waals surface area contributed by atoms with Crippen molar-refractivity contribution in [2.45, 2.75) is 32.9 Å². The second-order valence-corrected chi connectivity index (χ2v) is 4.97. The molecule has 0 saturated heterocycles. The van der Waals surface area contributed by atoms with Gasteiger partial charge < -0.3 is 5.73 Å². The molecule has 0 amide bonds. The van der Waals surface area contributed by atoms with Crippen LogP contribution < -0.4 is 5.73 Å². The third-order valence-electron chi connectivity index (χ3n) is 2.50. The van der Waals surface area contributed by atoms with Crippen molar-refractivity contribution in [1.29, 1.82) is 0 Å². The van der Waals surface area contributed by atoms with Gasteiger partial charge in [0.25, 0.3) is 0 Å². The first kappa shape index (κ1) is 12.6. The van der Waals surface area contributed by atoms with Gasteiger partial charge in [0.1, 0.15) is 0 Å². The van der Waals surface area contributed by atoms with Crippen LogP contribution in [0.1, 0.15) is 25.1 Å². The van der Waals surface area contributed by atoms with E-state index in [0.717, 1.165) is 19.5 Å². The topological polar surface area (TPSA) is 29.3 Å². The third kappa shape index (κ3) is 3.55. The van der Waals surface area contributed by atoms with Gasteiger partial charge in [-0.1, -0.05) is 32.1 Å². The van der Waals surface area contributed by atoms with Crippen molar-refractivity contribution in [2.24, 2.45) is 5.73 Å². The summed E-state index contributed by atoms with van der Waals surface area (Å²) in [6.07, 6.45) is 0.981. The minimum absolute atomic E-state index is 0.229. The molecule has 15 heavy (non-hydrogen) atoms. The van der Waals surface area contributed by atoms with Gasteiger partial charge in [-0.2, -0.15) is 0 Å². The zero-order valence-corrected chi connectivity index (χ0v) is 10.9. The average molecular weight is 242 g/mol. The summed E-state index contributed by atoms with van der Waals surface area (Å²) in [6, 6.07) is 4.46. The normalized spacial score (nSPS) is 13.0. The molecule has 0 radical (unpaired) electrons. The summed E-state index contributed by atoms with van der Waals surface area (Å²) in [7, 11) is 0. The second-order valence-electron chi connectivity index (χ2n) is 3.47. The van der Waals surface area contributed by atoms with Crippen LogP contribution in [0, 0.1) is 0 Å². The van der Waals surface area contributed by atoms with E-state index in [1.165, 1.54) is 4.88 Å². The highest BCUT2D eigenvalue weighted by molar-refractivity contribution is 7.80. The molecule has 2 N–H and O–H groups in total. The fourth-order valence-electron chi connectivity index (χ4n) is 1.68. The fraction of sp³-hybridized carbons (Fsp3) is 0.545.